The molecule has 0 saturated carbocycles. The lowest BCUT2D eigenvalue weighted by Gasteiger charge is -2.38. The van der Waals surface area contributed by atoms with Crippen LogP contribution in [0.5, 0.6) is 23.0 Å². The molecule has 4 heterocycles. The monoisotopic (exact) mass is 1060 g/mol. The van der Waals surface area contributed by atoms with Crippen LogP contribution < -0.4 is 52.1 Å². The van der Waals surface area contributed by atoms with Crippen LogP contribution in [0.3, 0.4) is 0 Å². The van der Waals surface area contributed by atoms with Crippen LogP contribution >= 0.6 is 23.5 Å². The molecule has 4 nitrogen and oxygen atoms in total. The van der Waals surface area contributed by atoms with Gasteiger partial charge in [0.15, 0.2) is 0 Å². The molecule has 0 unspecified atom stereocenters. The van der Waals surface area contributed by atoms with Gasteiger partial charge in [0.05, 0.1) is 11.4 Å². The van der Waals surface area contributed by atoms with Crippen molar-refractivity contribution in [2.24, 2.45) is 0 Å². The largest absolute Gasteiger partial charge is 0.458 e. The lowest BCUT2D eigenvalue weighted by atomic mass is 9.32. The number of rotatable bonds is 6. The molecular weight excluding hydrogens is 1010 g/mol. The maximum absolute atomic E-state index is 7.59. The van der Waals surface area contributed by atoms with Crippen LogP contribution in [0.2, 0.25) is 0 Å². The van der Waals surface area contributed by atoms with E-state index in [4.69, 9.17) is 9.47 Å². The summed E-state index contributed by atoms with van der Waals surface area (Å²) in [6.07, 6.45) is 0. The number of nitrogens with zero attached hydrogens (tertiary/aromatic N) is 2. The van der Waals surface area contributed by atoms with Crippen LogP contribution in [-0.4, -0.2) is 13.4 Å². The molecule has 0 atom stereocenters. The Morgan fingerprint density at radius 2 is 0.688 bits per heavy atom. The first-order valence-corrected chi connectivity index (χ1v) is 29.4. The highest BCUT2D eigenvalue weighted by molar-refractivity contribution is 8.01. The van der Waals surface area contributed by atoms with Crippen molar-refractivity contribution in [2.45, 2.75) is 58.1 Å². The van der Waals surface area contributed by atoms with Gasteiger partial charge in [-0.1, -0.05) is 214 Å². The minimum Gasteiger partial charge on any atom is -0.458 e. The van der Waals surface area contributed by atoms with Gasteiger partial charge in [-0.25, -0.2) is 0 Å². The van der Waals surface area contributed by atoms with Gasteiger partial charge < -0.3 is 19.3 Å². The molecule has 378 valence electrons. The lowest BCUT2D eigenvalue weighted by molar-refractivity contribution is 0.487. The van der Waals surface area contributed by atoms with Crippen molar-refractivity contribution < 1.29 is 9.47 Å². The third-order valence-electron chi connectivity index (χ3n) is 18.0. The zero-order valence-electron chi connectivity index (χ0n) is 44.6. The average Bonchev–Trinajstić information content (AvgIpc) is 3.98. The molecule has 80 heavy (non-hydrogen) atoms. The summed E-state index contributed by atoms with van der Waals surface area (Å²) in [5, 5.41) is 0. The van der Waals surface area contributed by atoms with Gasteiger partial charge in [0.25, 0.3) is 13.4 Å². The number of benzene rings is 11. The van der Waals surface area contributed by atoms with Crippen LogP contribution in [0.1, 0.15) is 49.9 Å². The maximum atomic E-state index is 7.59. The second-order valence-corrected chi connectivity index (χ2v) is 25.2. The van der Waals surface area contributed by atoms with E-state index in [1.807, 2.05) is 23.5 Å². The van der Waals surface area contributed by atoms with Gasteiger partial charge in [0.2, 0.25) is 0 Å². The molecule has 8 heteroatoms. The van der Waals surface area contributed by atoms with Crippen molar-refractivity contribution in [3.05, 3.63) is 253 Å². The number of para-hydroxylation sites is 4. The average molecular weight is 1060 g/mol. The molecule has 0 saturated heterocycles. The van der Waals surface area contributed by atoms with E-state index in [0.29, 0.717) is 0 Å². The quantitative estimate of drug-likeness (QED) is 0.154. The first kappa shape index (κ1) is 46.4. The fourth-order valence-electron chi connectivity index (χ4n) is 14.4. The standard InChI is InChI=1S/C72H50B2N2O2S2/c1-71(2)51-31-19-17-29-49(51)65-53(71)33-35-55-69(65)77-59-37-47(75(43-21-9-5-10-22-43)44-23-11-6-12-24-44)39-63-67(59)73(55)57-41-58-62(42-61(57)79-63)80-64-40-48(76(45-25-13-7-14-26-45)46-27-15-8-16-28-46)38-60-68(64)74(58)56-36-34-54-66(70(56)78-60)50-30-18-20-32-52(50)72(54,3)4/h5-42H,1-4H3. The van der Waals surface area contributed by atoms with Gasteiger partial charge >= 0.3 is 0 Å². The third-order valence-corrected chi connectivity index (χ3v) is 20.3. The molecule has 0 aromatic heterocycles. The van der Waals surface area contributed by atoms with E-state index < -0.39 is 0 Å². The summed E-state index contributed by atoms with van der Waals surface area (Å²) in [5.41, 5.74) is 23.8. The van der Waals surface area contributed by atoms with E-state index in [9.17, 15) is 0 Å². The Bertz CT molecular complexity index is 4090. The van der Waals surface area contributed by atoms with E-state index >= 15 is 0 Å². The van der Waals surface area contributed by atoms with Gasteiger partial charge in [-0.05, 0) is 122 Å². The predicted molar refractivity (Wildman–Crippen MR) is 334 cm³/mol. The van der Waals surface area contributed by atoms with Gasteiger partial charge in [0.1, 0.15) is 23.0 Å². The molecule has 4 aliphatic heterocycles. The van der Waals surface area contributed by atoms with Crippen molar-refractivity contribution in [1.29, 1.82) is 0 Å². The summed E-state index contributed by atoms with van der Waals surface area (Å²) < 4.78 is 15.2. The molecule has 11 aromatic carbocycles. The Kier molecular flexibility index (Phi) is 9.84. The first-order chi connectivity index (χ1) is 39.2. The Hall–Kier alpha value is -8.55. The van der Waals surface area contributed by atoms with Crippen LogP contribution in [-0.2, 0) is 10.8 Å². The van der Waals surface area contributed by atoms with E-state index in [1.54, 1.807) is 0 Å². The molecule has 0 N–H and O–H groups in total. The molecule has 6 aliphatic rings. The molecule has 17 rings (SSSR count). The number of anilines is 6. The Balaban J connectivity index is 0.914. The Labute approximate surface area is 476 Å². The smallest absolute Gasteiger partial charge is 0.253 e. The second kappa shape index (κ2) is 17.0. The Morgan fingerprint density at radius 1 is 0.325 bits per heavy atom. The zero-order chi connectivity index (χ0) is 53.2. The second-order valence-electron chi connectivity index (χ2n) is 23.1. The lowest BCUT2D eigenvalue weighted by Crippen LogP contribution is -2.62. The highest BCUT2D eigenvalue weighted by Gasteiger charge is 2.49. The third kappa shape index (κ3) is 6.52. The highest BCUT2D eigenvalue weighted by Crippen LogP contribution is 2.56. The zero-order valence-corrected chi connectivity index (χ0v) is 46.3. The van der Waals surface area contributed by atoms with Gasteiger partial charge in [-0.2, -0.15) is 0 Å². The maximum Gasteiger partial charge on any atom is 0.253 e. The fraction of sp³-hybridized carbons (Fsp3) is 0.0833. The van der Waals surface area contributed by atoms with Crippen molar-refractivity contribution >= 4 is 104 Å². The Morgan fingerprint density at radius 3 is 1.07 bits per heavy atom. The molecule has 0 spiro atoms. The van der Waals surface area contributed by atoms with Crippen LogP contribution in [0.25, 0.3) is 22.3 Å². The predicted octanol–water partition coefficient (Wildman–Crippen LogP) is 15.4. The van der Waals surface area contributed by atoms with Crippen molar-refractivity contribution in [3.8, 4) is 45.3 Å². The van der Waals surface area contributed by atoms with Gasteiger partial charge in [-0.15, -0.1) is 0 Å². The molecule has 2 aliphatic carbocycles. The van der Waals surface area contributed by atoms with Gasteiger partial charge in [-0.3, -0.25) is 0 Å². The highest BCUT2D eigenvalue weighted by atomic mass is 32.2. The number of ether oxygens (including phenoxy) is 2. The SMILES string of the molecule is CC1(C)c2ccccc2-c2c1ccc1c2Oc2cc(N(c3ccccc3)c3ccccc3)cc3c2B1c1cc2c(cc1S3)Sc1cc(N(c3ccccc3)c3ccccc3)cc3c1B2c1ccc2c(c1O3)-c1ccccc1C2(C)C. The molecule has 0 bridgehead atoms. The minimum atomic E-state index is -0.192. The van der Waals surface area contributed by atoms with Crippen molar-refractivity contribution in [3.63, 3.8) is 0 Å². The van der Waals surface area contributed by atoms with E-state index in [0.717, 1.165) is 57.1 Å². The van der Waals surface area contributed by atoms with E-state index in [2.05, 4.69) is 268 Å². The topological polar surface area (TPSA) is 24.9 Å². The van der Waals surface area contributed by atoms with E-state index in [-0.39, 0.29) is 24.3 Å². The van der Waals surface area contributed by atoms with Crippen LogP contribution in [0.15, 0.2) is 250 Å². The number of hydrogen-bond acceptors (Lipinski definition) is 6. The fourth-order valence-corrected chi connectivity index (χ4v) is 16.9. The minimum absolute atomic E-state index is 0.0898. The molecule has 11 aromatic rings. The summed E-state index contributed by atoms with van der Waals surface area (Å²) >= 11 is 3.77. The van der Waals surface area contributed by atoms with Crippen molar-refractivity contribution in [2.75, 3.05) is 9.80 Å². The summed E-state index contributed by atoms with van der Waals surface area (Å²) in [5.74, 6) is 3.74. The number of fused-ring (bicyclic) bond motifs is 16. The van der Waals surface area contributed by atoms with Crippen molar-refractivity contribution in [1.82, 2.24) is 0 Å². The normalized spacial score (nSPS) is 15.0. The van der Waals surface area contributed by atoms with Crippen LogP contribution in [0, 0.1) is 0 Å². The summed E-state index contributed by atoms with van der Waals surface area (Å²) in [7, 11) is 0. The first-order valence-electron chi connectivity index (χ1n) is 27.8. The summed E-state index contributed by atoms with van der Waals surface area (Å²) in [4.78, 5) is 9.69. The number of hydrogen-bond donors (Lipinski definition) is 0. The summed E-state index contributed by atoms with van der Waals surface area (Å²) in [6, 6.07) is 85.1. The molecule has 0 radical (unpaired) electrons. The molecule has 0 amide bonds. The van der Waals surface area contributed by atoms with Crippen LogP contribution in [0.4, 0.5) is 34.1 Å². The van der Waals surface area contributed by atoms with Gasteiger partial charge in [0, 0.05) is 76.4 Å². The summed E-state index contributed by atoms with van der Waals surface area (Å²) in [6.45, 7) is 9.27. The van der Waals surface area contributed by atoms with E-state index in [1.165, 1.54) is 96.9 Å². The molecular formula is C72H50B2N2O2S2. The molecule has 0 fully saturated rings.